The van der Waals surface area contributed by atoms with Gasteiger partial charge in [-0.2, -0.15) is 0 Å². The SMILES string of the molecule is O=C1C(=O)N(Cc2ccco2)C(c2cccc(OCc3ccccc3)c2)C1=C(O)c1ccc2c(c1)OCCO2. The Kier molecular flexibility index (Phi) is 6.50. The zero-order chi connectivity index (χ0) is 26.8. The summed E-state index contributed by atoms with van der Waals surface area (Å²) in [6.07, 6.45) is 1.51. The van der Waals surface area contributed by atoms with E-state index in [0.29, 0.717) is 54.0 Å². The highest BCUT2D eigenvalue weighted by atomic mass is 16.6. The molecule has 8 nitrogen and oxygen atoms in total. The van der Waals surface area contributed by atoms with E-state index in [-0.39, 0.29) is 17.9 Å². The van der Waals surface area contributed by atoms with Gasteiger partial charge in [-0.25, -0.2) is 0 Å². The third-order valence-electron chi connectivity index (χ3n) is 6.68. The molecule has 3 heterocycles. The summed E-state index contributed by atoms with van der Waals surface area (Å²) in [5.74, 6) is 0.282. The first-order valence-electron chi connectivity index (χ1n) is 12.6. The number of hydrogen-bond donors (Lipinski definition) is 1. The van der Waals surface area contributed by atoms with E-state index in [1.807, 2.05) is 36.4 Å². The Morgan fingerprint density at radius 3 is 2.51 bits per heavy atom. The van der Waals surface area contributed by atoms with Crippen LogP contribution in [0.3, 0.4) is 0 Å². The molecule has 1 N–H and O–H groups in total. The number of hydrogen-bond acceptors (Lipinski definition) is 7. The number of carbonyl (C=O) groups is 2. The number of amides is 1. The van der Waals surface area contributed by atoms with Crippen LogP contribution in [-0.2, 0) is 22.7 Å². The Labute approximate surface area is 224 Å². The second-order valence-corrected chi connectivity index (χ2v) is 9.21. The van der Waals surface area contributed by atoms with E-state index < -0.39 is 17.7 Å². The minimum absolute atomic E-state index is 0.0246. The van der Waals surface area contributed by atoms with Crippen molar-refractivity contribution in [2.75, 3.05) is 13.2 Å². The highest BCUT2D eigenvalue weighted by Crippen LogP contribution is 2.42. The zero-order valence-electron chi connectivity index (χ0n) is 20.9. The average Bonchev–Trinajstić information content (AvgIpc) is 3.58. The Morgan fingerprint density at radius 2 is 1.72 bits per heavy atom. The van der Waals surface area contributed by atoms with E-state index >= 15 is 0 Å². The summed E-state index contributed by atoms with van der Waals surface area (Å²) in [7, 11) is 0. The van der Waals surface area contributed by atoms with Crippen LogP contribution in [-0.4, -0.2) is 34.9 Å². The molecule has 0 radical (unpaired) electrons. The highest BCUT2D eigenvalue weighted by Gasteiger charge is 2.46. The molecule has 1 unspecified atom stereocenters. The quantitative estimate of drug-likeness (QED) is 0.201. The van der Waals surface area contributed by atoms with Gasteiger partial charge in [-0.1, -0.05) is 42.5 Å². The maximum atomic E-state index is 13.4. The average molecular weight is 524 g/mol. The van der Waals surface area contributed by atoms with Gasteiger partial charge in [-0.15, -0.1) is 0 Å². The van der Waals surface area contributed by atoms with Crippen molar-refractivity contribution >= 4 is 17.4 Å². The lowest BCUT2D eigenvalue weighted by Crippen LogP contribution is -2.29. The first-order chi connectivity index (χ1) is 19.1. The standard InChI is InChI=1S/C31H25NO7/c33-29(22-11-12-25-26(17-22)38-15-14-37-25)27-28(32(31(35)30(27)34)18-24-10-5-13-36-24)21-8-4-9-23(16-21)39-19-20-6-2-1-3-7-20/h1-13,16-17,28,33H,14-15,18-19H2. The minimum Gasteiger partial charge on any atom is -0.507 e. The maximum Gasteiger partial charge on any atom is 0.296 e. The van der Waals surface area contributed by atoms with Gasteiger partial charge in [0.2, 0.25) is 0 Å². The van der Waals surface area contributed by atoms with Gasteiger partial charge in [0.15, 0.2) is 11.5 Å². The van der Waals surface area contributed by atoms with Crippen molar-refractivity contribution in [2.24, 2.45) is 0 Å². The molecule has 1 aromatic heterocycles. The van der Waals surface area contributed by atoms with Gasteiger partial charge >= 0.3 is 0 Å². The van der Waals surface area contributed by atoms with E-state index in [9.17, 15) is 14.7 Å². The lowest BCUT2D eigenvalue weighted by Gasteiger charge is -2.25. The Bertz CT molecular complexity index is 1540. The van der Waals surface area contributed by atoms with Crippen LogP contribution in [0.5, 0.6) is 17.2 Å². The number of ketones is 1. The van der Waals surface area contributed by atoms with Gasteiger partial charge in [0.05, 0.1) is 24.4 Å². The number of furan rings is 1. The first kappa shape index (κ1) is 24.4. The van der Waals surface area contributed by atoms with Gasteiger partial charge in [0.1, 0.15) is 37.1 Å². The third kappa shape index (κ3) is 4.84. The van der Waals surface area contributed by atoms with Crippen LogP contribution in [0.4, 0.5) is 0 Å². The number of aliphatic hydroxyl groups excluding tert-OH is 1. The van der Waals surface area contributed by atoms with Crippen LogP contribution in [0.1, 0.15) is 28.5 Å². The van der Waals surface area contributed by atoms with Gasteiger partial charge in [-0.3, -0.25) is 9.59 Å². The molecule has 0 bridgehead atoms. The lowest BCUT2D eigenvalue weighted by molar-refractivity contribution is -0.140. The van der Waals surface area contributed by atoms with Crippen molar-refractivity contribution in [1.82, 2.24) is 4.90 Å². The molecule has 0 aliphatic carbocycles. The number of nitrogens with zero attached hydrogens (tertiary/aromatic N) is 1. The summed E-state index contributed by atoms with van der Waals surface area (Å²) in [5.41, 5.74) is 1.94. The van der Waals surface area contributed by atoms with E-state index in [0.717, 1.165) is 5.56 Å². The van der Waals surface area contributed by atoms with Crippen LogP contribution < -0.4 is 14.2 Å². The number of carbonyl (C=O) groups excluding carboxylic acids is 2. The summed E-state index contributed by atoms with van der Waals surface area (Å²) in [6, 6.07) is 24.5. The predicted octanol–water partition coefficient (Wildman–Crippen LogP) is 5.25. The zero-order valence-corrected chi connectivity index (χ0v) is 20.9. The van der Waals surface area contributed by atoms with Gasteiger partial charge in [-0.05, 0) is 53.6 Å². The fourth-order valence-corrected chi connectivity index (χ4v) is 4.82. The van der Waals surface area contributed by atoms with Crippen molar-refractivity contribution < 1.29 is 33.3 Å². The number of aliphatic hydroxyl groups is 1. The fraction of sp³-hybridized carbons (Fsp3) is 0.161. The van der Waals surface area contributed by atoms with Crippen molar-refractivity contribution in [3.8, 4) is 17.2 Å². The number of rotatable bonds is 7. The summed E-state index contributed by atoms with van der Waals surface area (Å²) >= 11 is 0. The number of benzene rings is 3. The highest BCUT2D eigenvalue weighted by molar-refractivity contribution is 6.46. The van der Waals surface area contributed by atoms with Crippen molar-refractivity contribution in [3.05, 3.63) is 119 Å². The molecular weight excluding hydrogens is 498 g/mol. The lowest BCUT2D eigenvalue weighted by atomic mass is 9.95. The van der Waals surface area contributed by atoms with Crippen LogP contribution in [0.2, 0.25) is 0 Å². The molecule has 8 heteroatoms. The molecule has 6 rings (SSSR count). The summed E-state index contributed by atoms with van der Waals surface area (Å²) in [6.45, 7) is 1.21. The molecule has 0 spiro atoms. The smallest absolute Gasteiger partial charge is 0.296 e. The van der Waals surface area contributed by atoms with Crippen molar-refractivity contribution in [3.63, 3.8) is 0 Å². The molecule has 1 fully saturated rings. The Hall–Kier alpha value is -4.98. The number of fused-ring (bicyclic) bond motifs is 1. The fourth-order valence-electron chi connectivity index (χ4n) is 4.82. The number of ether oxygens (including phenoxy) is 3. The van der Waals surface area contributed by atoms with E-state index in [1.54, 1.807) is 48.5 Å². The molecule has 2 aliphatic heterocycles. The molecule has 196 valence electrons. The normalized spacial score (nSPS) is 17.8. The minimum atomic E-state index is -0.872. The molecule has 4 aromatic rings. The van der Waals surface area contributed by atoms with Crippen molar-refractivity contribution in [2.45, 2.75) is 19.2 Å². The topological polar surface area (TPSA) is 98.4 Å². The van der Waals surface area contributed by atoms with Gasteiger partial charge in [0, 0.05) is 5.56 Å². The molecule has 0 saturated carbocycles. The molecule has 3 aromatic carbocycles. The van der Waals surface area contributed by atoms with E-state index in [2.05, 4.69) is 0 Å². The van der Waals surface area contributed by atoms with Crippen molar-refractivity contribution in [1.29, 1.82) is 0 Å². The number of Topliss-reactive ketones (excluding diaryl/α,β-unsaturated/α-hetero) is 1. The second-order valence-electron chi connectivity index (χ2n) is 9.21. The van der Waals surface area contributed by atoms with E-state index in [4.69, 9.17) is 18.6 Å². The molecule has 1 atom stereocenters. The number of likely N-dealkylation sites (tertiary alicyclic amines) is 1. The van der Waals surface area contributed by atoms with Crippen LogP contribution >= 0.6 is 0 Å². The monoisotopic (exact) mass is 523 g/mol. The second kappa shape index (κ2) is 10.4. The summed E-state index contributed by atoms with van der Waals surface area (Å²) < 4.78 is 22.7. The molecule has 1 saturated heterocycles. The predicted molar refractivity (Wildman–Crippen MR) is 141 cm³/mol. The van der Waals surface area contributed by atoms with Crippen LogP contribution in [0.25, 0.3) is 5.76 Å². The van der Waals surface area contributed by atoms with Crippen LogP contribution in [0, 0.1) is 0 Å². The molecule has 39 heavy (non-hydrogen) atoms. The third-order valence-corrected chi connectivity index (χ3v) is 6.68. The first-order valence-corrected chi connectivity index (χ1v) is 12.6. The maximum absolute atomic E-state index is 13.4. The molecule has 1 amide bonds. The van der Waals surface area contributed by atoms with E-state index in [1.165, 1.54) is 11.2 Å². The largest absolute Gasteiger partial charge is 0.507 e. The molecular formula is C31H25NO7. The van der Waals surface area contributed by atoms with Gasteiger partial charge < -0.3 is 28.6 Å². The molecule has 2 aliphatic rings. The Morgan fingerprint density at radius 1 is 0.897 bits per heavy atom. The Balaban J connectivity index is 1.40. The van der Waals surface area contributed by atoms with Gasteiger partial charge in [0.25, 0.3) is 11.7 Å². The summed E-state index contributed by atoms with van der Waals surface area (Å²) in [5, 5.41) is 11.4. The summed E-state index contributed by atoms with van der Waals surface area (Å²) in [4.78, 5) is 28.1. The van der Waals surface area contributed by atoms with Crippen LogP contribution in [0.15, 0.2) is 101 Å².